The number of nitrogens with zero attached hydrogens (tertiary/aromatic N) is 5. The maximum atomic E-state index is 14.5. The number of amides is 4. The molecular formula is C52H56ClFN6O8. The number of ether oxygens (including phenoxy) is 3. The number of halogens is 2. The van der Waals surface area contributed by atoms with Crippen molar-refractivity contribution in [3.8, 4) is 22.6 Å². The van der Waals surface area contributed by atoms with E-state index in [-0.39, 0.29) is 49.5 Å². The Labute approximate surface area is 399 Å². The van der Waals surface area contributed by atoms with Gasteiger partial charge in [0.25, 0.3) is 11.8 Å². The highest BCUT2D eigenvalue weighted by Gasteiger charge is 2.40. The van der Waals surface area contributed by atoms with Crippen molar-refractivity contribution in [1.29, 1.82) is 0 Å². The second kappa shape index (κ2) is 19.5. The van der Waals surface area contributed by atoms with Crippen LogP contribution in [-0.4, -0.2) is 92.2 Å². The number of aryl methyl sites for hydroxylation is 4. The summed E-state index contributed by atoms with van der Waals surface area (Å²) in [6.45, 7) is 10.4. The van der Waals surface area contributed by atoms with Crippen molar-refractivity contribution < 1.29 is 42.6 Å². The molecule has 0 radical (unpaired) electrons. The third-order valence-electron chi connectivity index (χ3n) is 12.7. The van der Waals surface area contributed by atoms with E-state index in [9.17, 15) is 28.4 Å². The minimum absolute atomic E-state index is 0.122. The number of likely N-dealkylation sites (N-methyl/N-ethyl adjacent to an activating group) is 1. The molecule has 8 rings (SSSR count). The second-order valence-corrected chi connectivity index (χ2v) is 18.9. The van der Waals surface area contributed by atoms with Crippen LogP contribution in [0.3, 0.4) is 0 Å². The smallest absolute Gasteiger partial charge is 0.355 e. The van der Waals surface area contributed by atoms with Gasteiger partial charge in [-0.2, -0.15) is 5.10 Å². The highest BCUT2D eigenvalue weighted by atomic mass is 35.5. The van der Waals surface area contributed by atoms with Crippen LogP contribution in [0.1, 0.15) is 96.2 Å². The lowest BCUT2D eigenvalue weighted by atomic mass is 9.98. The molecule has 0 saturated carbocycles. The van der Waals surface area contributed by atoms with Gasteiger partial charge in [-0.3, -0.25) is 29.2 Å². The van der Waals surface area contributed by atoms with E-state index in [0.717, 1.165) is 49.8 Å². The Balaban J connectivity index is 1.02. The van der Waals surface area contributed by atoms with Gasteiger partial charge in [0, 0.05) is 72.3 Å². The molecular weight excluding hydrogens is 891 g/mol. The van der Waals surface area contributed by atoms with Crippen molar-refractivity contribution >= 4 is 62.9 Å². The van der Waals surface area contributed by atoms with E-state index in [1.54, 1.807) is 36.2 Å². The number of fused-ring (bicyclic) bond motifs is 3. The predicted molar refractivity (Wildman–Crippen MR) is 256 cm³/mol. The summed E-state index contributed by atoms with van der Waals surface area (Å²) in [5.74, 6) is -1.24. The molecule has 16 heteroatoms. The molecule has 68 heavy (non-hydrogen) atoms. The first-order chi connectivity index (χ1) is 32.4. The van der Waals surface area contributed by atoms with Gasteiger partial charge in [-0.1, -0.05) is 35.9 Å². The van der Waals surface area contributed by atoms with Crippen molar-refractivity contribution in [1.82, 2.24) is 29.5 Å². The number of carbonyl (C=O) groups excluding carboxylic acids is 5. The first-order valence-corrected chi connectivity index (χ1v) is 23.3. The number of imide groups is 1. The lowest BCUT2D eigenvalue weighted by Crippen LogP contribution is -2.52. The number of unbranched alkanes of at least 4 members (excludes halogenated alkanes) is 1. The number of hydrogen-bond donors (Lipinski definition) is 1. The Morgan fingerprint density at radius 1 is 0.941 bits per heavy atom. The van der Waals surface area contributed by atoms with Gasteiger partial charge in [-0.15, -0.1) is 0 Å². The predicted octanol–water partition coefficient (Wildman–Crippen LogP) is 8.65. The van der Waals surface area contributed by atoms with Crippen LogP contribution < -0.4 is 14.8 Å². The van der Waals surface area contributed by atoms with Gasteiger partial charge in [-0.05, 0) is 120 Å². The molecule has 0 bridgehead atoms. The number of esters is 1. The van der Waals surface area contributed by atoms with E-state index >= 15 is 0 Å². The topological polar surface area (TPSA) is 154 Å². The summed E-state index contributed by atoms with van der Waals surface area (Å²) < 4.78 is 36.3. The number of carbonyl (C=O) groups is 5. The van der Waals surface area contributed by atoms with Gasteiger partial charge in [0.1, 0.15) is 34.7 Å². The fraction of sp³-hybridized carbons (Fsp3) is 0.385. The quantitative estimate of drug-likeness (QED) is 0.0571. The van der Waals surface area contributed by atoms with Gasteiger partial charge in [0.2, 0.25) is 11.8 Å². The number of nitrogens with one attached hydrogen (secondary N) is 1. The number of rotatable bonds is 16. The van der Waals surface area contributed by atoms with E-state index in [4.69, 9.17) is 30.9 Å². The molecule has 356 valence electrons. The van der Waals surface area contributed by atoms with Crippen molar-refractivity contribution in [2.24, 2.45) is 7.05 Å². The van der Waals surface area contributed by atoms with E-state index in [1.807, 2.05) is 81.2 Å². The Morgan fingerprint density at radius 3 is 2.43 bits per heavy atom. The van der Waals surface area contributed by atoms with Crippen LogP contribution in [0.5, 0.6) is 11.5 Å². The fourth-order valence-corrected chi connectivity index (χ4v) is 9.62. The van der Waals surface area contributed by atoms with Crippen LogP contribution in [0.15, 0.2) is 66.7 Å². The summed E-state index contributed by atoms with van der Waals surface area (Å²) in [5, 5.41) is 9.94. The standard InChI is InChI=1S/C52H56ClFN6O8/c1-30-45(31(2)58(7)56-30)46-39(53)21-20-36-35(15-12-26-66-41-16-10-13-32-27-33(54)18-19-34(32)41)48(51(65)68-52(3,4)5)59(47(36)46)25-9-8-24-57(6)44(62)29-67-42-17-11-14-37-38(42)28-60(50(37)64)40-22-23-43(61)55-49(40)63/h10-11,13-14,16-21,27,40H,8-9,12,15,22-26,28-29H2,1-7H3,(H,55,61,63). The zero-order chi connectivity index (χ0) is 48.6. The third-order valence-corrected chi connectivity index (χ3v) is 13.0. The summed E-state index contributed by atoms with van der Waals surface area (Å²) in [6.07, 6.45) is 2.54. The first kappa shape index (κ1) is 47.7. The summed E-state index contributed by atoms with van der Waals surface area (Å²) in [5.41, 5.74) is 5.53. The molecule has 2 aromatic heterocycles. The molecule has 14 nitrogen and oxygen atoms in total. The normalized spacial score (nSPS) is 15.0. The summed E-state index contributed by atoms with van der Waals surface area (Å²) in [6, 6.07) is 18.2. The first-order valence-electron chi connectivity index (χ1n) is 22.9. The number of benzene rings is 4. The minimum atomic E-state index is -0.795. The monoisotopic (exact) mass is 946 g/mol. The maximum absolute atomic E-state index is 14.5. The van der Waals surface area contributed by atoms with Gasteiger partial charge in [0.05, 0.1) is 29.4 Å². The molecule has 1 fully saturated rings. The van der Waals surface area contributed by atoms with E-state index in [0.29, 0.717) is 78.7 Å². The van der Waals surface area contributed by atoms with Crippen LogP contribution in [0, 0.1) is 19.7 Å². The van der Waals surface area contributed by atoms with Crippen LogP contribution >= 0.6 is 11.6 Å². The van der Waals surface area contributed by atoms with Gasteiger partial charge < -0.3 is 28.6 Å². The Morgan fingerprint density at radius 2 is 1.69 bits per heavy atom. The lowest BCUT2D eigenvalue weighted by molar-refractivity contribution is -0.137. The Kier molecular flexibility index (Phi) is 13.7. The molecule has 2 aliphatic rings. The lowest BCUT2D eigenvalue weighted by Gasteiger charge is -2.29. The van der Waals surface area contributed by atoms with Crippen molar-refractivity contribution in [2.75, 3.05) is 26.8 Å². The van der Waals surface area contributed by atoms with Crippen LogP contribution in [0.25, 0.3) is 32.8 Å². The van der Waals surface area contributed by atoms with Gasteiger partial charge in [-0.25, -0.2) is 9.18 Å². The molecule has 1 saturated heterocycles. The molecule has 0 aliphatic carbocycles. The average Bonchev–Trinajstić information content (AvgIpc) is 3.88. The van der Waals surface area contributed by atoms with Crippen molar-refractivity contribution in [3.63, 3.8) is 0 Å². The van der Waals surface area contributed by atoms with E-state index < -0.39 is 23.5 Å². The molecule has 1 atom stereocenters. The maximum Gasteiger partial charge on any atom is 0.355 e. The summed E-state index contributed by atoms with van der Waals surface area (Å²) >= 11 is 7.15. The van der Waals surface area contributed by atoms with Gasteiger partial charge >= 0.3 is 5.97 Å². The largest absolute Gasteiger partial charge is 0.493 e. The molecule has 4 aromatic carbocycles. The SMILES string of the molecule is Cc1nn(C)c(C)c1-c1c(Cl)ccc2c(CCCOc3cccc4cc(F)ccc34)c(C(=O)OC(C)(C)C)n(CCCCN(C)C(=O)COc3cccc4c3CN(C3CCC(=O)NC3=O)C4=O)c12. The average molecular weight is 948 g/mol. The third kappa shape index (κ3) is 9.67. The van der Waals surface area contributed by atoms with Crippen LogP contribution in [-0.2, 0) is 45.7 Å². The summed E-state index contributed by atoms with van der Waals surface area (Å²) in [7, 11) is 3.59. The van der Waals surface area contributed by atoms with E-state index in [2.05, 4.69) is 5.32 Å². The van der Waals surface area contributed by atoms with Crippen molar-refractivity contribution in [2.45, 2.75) is 97.9 Å². The Bertz CT molecular complexity index is 2990. The van der Waals surface area contributed by atoms with Crippen LogP contribution in [0.4, 0.5) is 4.39 Å². The van der Waals surface area contributed by atoms with Gasteiger partial charge in [0.15, 0.2) is 6.61 Å². The number of aromatic nitrogens is 3. The Hall–Kier alpha value is -6.74. The molecule has 4 heterocycles. The molecule has 4 amide bonds. The fourth-order valence-electron chi connectivity index (χ4n) is 9.37. The zero-order valence-electron chi connectivity index (χ0n) is 39.5. The molecule has 0 spiro atoms. The zero-order valence-corrected chi connectivity index (χ0v) is 40.2. The molecule has 1 unspecified atom stereocenters. The van der Waals surface area contributed by atoms with E-state index in [1.165, 1.54) is 17.0 Å². The van der Waals surface area contributed by atoms with Crippen LogP contribution in [0.2, 0.25) is 5.02 Å². The highest BCUT2D eigenvalue weighted by Crippen LogP contribution is 2.43. The molecule has 6 aromatic rings. The number of piperidine rings is 1. The second-order valence-electron chi connectivity index (χ2n) is 18.5. The van der Waals surface area contributed by atoms with Crippen molar-refractivity contribution in [3.05, 3.63) is 111 Å². The molecule has 2 aliphatic heterocycles. The molecule has 1 N–H and O–H groups in total. The number of hydrogen-bond acceptors (Lipinski definition) is 9. The summed E-state index contributed by atoms with van der Waals surface area (Å²) in [4.78, 5) is 68.7. The minimum Gasteiger partial charge on any atom is -0.493 e. The highest BCUT2D eigenvalue weighted by molar-refractivity contribution is 6.35.